The molecule has 7 heteroatoms. The third-order valence-electron chi connectivity index (χ3n) is 6.45. The van der Waals surface area contributed by atoms with Crippen LogP contribution in [0.1, 0.15) is 28.4 Å². The molecule has 168 valence electrons. The largest absolute Gasteiger partial charge is 0.468 e. The minimum absolute atomic E-state index is 0.0553. The van der Waals surface area contributed by atoms with Crippen LogP contribution in [0.25, 0.3) is 10.9 Å². The molecule has 0 radical (unpaired) electrons. The molecule has 0 N–H and O–H groups in total. The van der Waals surface area contributed by atoms with E-state index >= 15 is 0 Å². The summed E-state index contributed by atoms with van der Waals surface area (Å²) < 4.78 is 6.79. The zero-order valence-electron chi connectivity index (χ0n) is 18.9. The summed E-state index contributed by atoms with van der Waals surface area (Å²) in [6.07, 6.45) is -0.388. The number of anilines is 1. The van der Waals surface area contributed by atoms with Crippen LogP contribution in [0.4, 0.5) is 5.69 Å². The Balaban J connectivity index is 1.68. The lowest BCUT2D eigenvalue weighted by atomic mass is 9.96. The van der Waals surface area contributed by atoms with E-state index in [9.17, 15) is 9.59 Å². The van der Waals surface area contributed by atoms with Crippen LogP contribution in [-0.2, 0) is 11.2 Å². The Labute approximate surface area is 196 Å². The molecule has 1 unspecified atom stereocenters. The Morgan fingerprint density at radius 3 is 2.56 bits per heavy atom. The number of carbonyl (C=O) groups excluding carboxylic acids is 1. The van der Waals surface area contributed by atoms with Gasteiger partial charge in [0.1, 0.15) is 0 Å². The van der Waals surface area contributed by atoms with Gasteiger partial charge in [0.05, 0.1) is 29.4 Å². The number of rotatable bonds is 3. The van der Waals surface area contributed by atoms with Crippen LogP contribution in [0.15, 0.2) is 76.5 Å². The van der Waals surface area contributed by atoms with E-state index in [1.54, 1.807) is 23.1 Å². The van der Waals surface area contributed by atoms with Crippen LogP contribution < -0.4 is 15.2 Å². The van der Waals surface area contributed by atoms with Gasteiger partial charge in [0.25, 0.3) is 11.5 Å². The Hall–Kier alpha value is -4.26. The fourth-order valence-corrected chi connectivity index (χ4v) is 4.97. The first kappa shape index (κ1) is 20.4. The Kier molecular flexibility index (Phi) is 4.58. The highest BCUT2D eigenvalue weighted by Gasteiger charge is 2.39. The first-order valence-corrected chi connectivity index (χ1v) is 11.2. The highest BCUT2D eigenvalue weighted by Crippen LogP contribution is 2.39. The van der Waals surface area contributed by atoms with E-state index in [2.05, 4.69) is 17.1 Å². The van der Waals surface area contributed by atoms with Gasteiger partial charge in [-0.3, -0.25) is 9.59 Å². The van der Waals surface area contributed by atoms with Crippen LogP contribution in [-0.4, -0.2) is 34.8 Å². The molecule has 4 aromatic rings. The van der Waals surface area contributed by atoms with E-state index in [0.29, 0.717) is 23.2 Å². The number of benzene rings is 3. The predicted molar refractivity (Wildman–Crippen MR) is 131 cm³/mol. The van der Waals surface area contributed by atoms with Gasteiger partial charge in [-0.05, 0) is 37.1 Å². The van der Waals surface area contributed by atoms with Gasteiger partial charge in [0.15, 0.2) is 0 Å². The molecule has 0 spiro atoms. The third kappa shape index (κ3) is 2.97. The van der Waals surface area contributed by atoms with Crippen LogP contribution in [0.2, 0.25) is 0 Å². The fourth-order valence-electron chi connectivity index (χ4n) is 4.97. The first-order chi connectivity index (χ1) is 16.6. The van der Waals surface area contributed by atoms with Crippen molar-refractivity contribution in [2.24, 2.45) is 4.99 Å². The van der Waals surface area contributed by atoms with Crippen molar-refractivity contribution in [1.29, 1.82) is 0 Å². The second-order valence-electron chi connectivity index (χ2n) is 8.57. The number of amides is 1. The number of carbonyl (C=O) groups is 1. The maximum atomic E-state index is 14.0. The van der Waals surface area contributed by atoms with Crippen LogP contribution in [0, 0.1) is 6.92 Å². The van der Waals surface area contributed by atoms with E-state index in [4.69, 9.17) is 9.73 Å². The standard InChI is InChI=1S/C27H22N4O3/c1-16-14-18-12-13-30-23(18)20(15-16)22(17-8-4-3-5-9-17)29-24(26(30)33)31-25(32)19-10-6-7-11-21(19)28-27(31)34-2/h3-11,14-15,24H,12-13H2,1-2H3. The number of aromatic nitrogens is 2. The SMILES string of the molecule is COc1nc2ccccc2c(=O)n1C1N=C(c2ccccc2)c2cc(C)cc3c2N(CC3)C1=O. The summed E-state index contributed by atoms with van der Waals surface area (Å²) in [5, 5.41) is 0.410. The topological polar surface area (TPSA) is 76.8 Å². The first-order valence-electron chi connectivity index (χ1n) is 11.2. The average Bonchev–Trinajstić information content (AvgIpc) is 3.24. The second kappa shape index (κ2) is 7.66. The number of hydrogen-bond acceptors (Lipinski definition) is 5. The minimum atomic E-state index is -1.14. The molecule has 0 saturated heterocycles. The molecule has 1 atom stereocenters. The molecule has 1 amide bonds. The van der Waals surface area contributed by atoms with Crippen LogP contribution in [0.5, 0.6) is 6.01 Å². The smallest absolute Gasteiger partial charge is 0.301 e. The summed E-state index contributed by atoms with van der Waals surface area (Å²) in [5.41, 5.74) is 5.69. The van der Waals surface area contributed by atoms with Gasteiger partial charge in [-0.2, -0.15) is 4.98 Å². The normalized spacial score (nSPS) is 16.9. The predicted octanol–water partition coefficient (Wildman–Crippen LogP) is 3.65. The number of ether oxygens (including phenoxy) is 1. The van der Waals surface area contributed by atoms with Crippen molar-refractivity contribution in [3.05, 3.63) is 99.3 Å². The lowest BCUT2D eigenvalue weighted by Crippen LogP contribution is -2.39. The number of methoxy groups -OCH3 is 1. The van der Waals surface area contributed by atoms with E-state index in [-0.39, 0.29) is 17.5 Å². The number of hydrogen-bond donors (Lipinski definition) is 0. The highest BCUT2D eigenvalue weighted by molar-refractivity contribution is 6.20. The second-order valence-corrected chi connectivity index (χ2v) is 8.57. The average molecular weight is 450 g/mol. The van der Waals surface area contributed by atoms with Crippen molar-refractivity contribution in [3.63, 3.8) is 0 Å². The molecule has 7 nitrogen and oxygen atoms in total. The number of aryl methyl sites for hydroxylation is 1. The van der Waals surface area contributed by atoms with E-state index in [0.717, 1.165) is 34.4 Å². The molecule has 0 fully saturated rings. The van der Waals surface area contributed by atoms with Gasteiger partial charge < -0.3 is 9.64 Å². The fraction of sp³-hybridized carbons (Fsp3) is 0.185. The van der Waals surface area contributed by atoms with Gasteiger partial charge in [-0.1, -0.05) is 54.1 Å². The summed E-state index contributed by atoms with van der Waals surface area (Å²) in [6.45, 7) is 2.59. The molecular weight excluding hydrogens is 428 g/mol. The summed E-state index contributed by atoms with van der Waals surface area (Å²) in [4.78, 5) is 38.8. The monoisotopic (exact) mass is 450 g/mol. The maximum absolute atomic E-state index is 14.0. The zero-order chi connectivity index (χ0) is 23.4. The lowest BCUT2D eigenvalue weighted by Gasteiger charge is -2.22. The highest BCUT2D eigenvalue weighted by atomic mass is 16.5. The Morgan fingerprint density at radius 1 is 1.00 bits per heavy atom. The van der Waals surface area contributed by atoms with Gasteiger partial charge in [0, 0.05) is 17.7 Å². The Bertz CT molecular complexity index is 1560. The van der Waals surface area contributed by atoms with E-state index < -0.39 is 6.17 Å². The van der Waals surface area contributed by atoms with Crippen molar-refractivity contribution >= 4 is 28.2 Å². The molecular formula is C27H22N4O3. The summed E-state index contributed by atoms with van der Waals surface area (Å²) >= 11 is 0. The molecule has 3 heterocycles. The Morgan fingerprint density at radius 2 is 1.76 bits per heavy atom. The number of fused-ring (bicyclic) bond motifs is 1. The van der Waals surface area contributed by atoms with Crippen molar-refractivity contribution in [2.45, 2.75) is 19.5 Å². The molecule has 0 aliphatic carbocycles. The van der Waals surface area contributed by atoms with E-state index in [1.807, 2.05) is 43.3 Å². The molecule has 2 aliphatic heterocycles. The molecule has 0 bridgehead atoms. The molecule has 34 heavy (non-hydrogen) atoms. The number of para-hydroxylation sites is 1. The maximum Gasteiger partial charge on any atom is 0.301 e. The molecule has 0 saturated carbocycles. The zero-order valence-corrected chi connectivity index (χ0v) is 18.9. The van der Waals surface area contributed by atoms with Gasteiger partial charge in [-0.15, -0.1) is 0 Å². The number of aliphatic imine (C=N–C) groups is 1. The van der Waals surface area contributed by atoms with Gasteiger partial charge in [-0.25, -0.2) is 9.56 Å². The van der Waals surface area contributed by atoms with E-state index in [1.165, 1.54) is 11.7 Å². The molecule has 3 aromatic carbocycles. The summed E-state index contributed by atoms with van der Waals surface area (Å²) in [5.74, 6) is -0.271. The third-order valence-corrected chi connectivity index (χ3v) is 6.45. The van der Waals surface area contributed by atoms with Crippen molar-refractivity contribution in [3.8, 4) is 6.01 Å². The van der Waals surface area contributed by atoms with Gasteiger partial charge in [0.2, 0.25) is 6.17 Å². The van der Waals surface area contributed by atoms with Crippen molar-refractivity contribution in [2.75, 3.05) is 18.6 Å². The van der Waals surface area contributed by atoms with Crippen LogP contribution >= 0.6 is 0 Å². The molecule has 1 aromatic heterocycles. The number of nitrogens with zero attached hydrogens (tertiary/aromatic N) is 4. The molecule has 6 rings (SSSR count). The summed E-state index contributed by atoms with van der Waals surface area (Å²) in [6, 6.07) is 21.1. The van der Waals surface area contributed by atoms with Gasteiger partial charge >= 0.3 is 6.01 Å². The molecule has 2 aliphatic rings. The minimum Gasteiger partial charge on any atom is -0.468 e. The van der Waals surface area contributed by atoms with Crippen molar-refractivity contribution < 1.29 is 9.53 Å². The quantitative estimate of drug-likeness (QED) is 0.477. The lowest BCUT2D eigenvalue weighted by molar-refractivity contribution is -0.121. The summed E-state index contributed by atoms with van der Waals surface area (Å²) in [7, 11) is 1.45. The van der Waals surface area contributed by atoms with Crippen LogP contribution in [0.3, 0.4) is 0 Å². The van der Waals surface area contributed by atoms with Crippen molar-refractivity contribution in [1.82, 2.24) is 9.55 Å².